The van der Waals surface area contributed by atoms with Gasteiger partial charge in [0.2, 0.25) is 0 Å². The van der Waals surface area contributed by atoms with Crippen LogP contribution in [0.2, 0.25) is 0 Å². The fraction of sp³-hybridized carbons (Fsp3) is 0.500. The van der Waals surface area contributed by atoms with Gasteiger partial charge in [-0.2, -0.15) is 0 Å². The number of nitrogens with one attached hydrogen (secondary N) is 1. The van der Waals surface area contributed by atoms with Gasteiger partial charge in [0.25, 0.3) is 15.0 Å². The molecule has 1 amide bonds. The smallest absolute Gasteiger partial charge is 0.261 e. The van der Waals surface area contributed by atoms with Crippen molar-refractivity contribution < 1.29 is 17.6 Å². The Balaban J connectivity index is 3.17. The second-order valence-corrected chi connectivity index (χ2v) is 7.47. The van der Waals surface area contributed by atoms with Crippen molar-refractivity contribution in [3.05, 3.63) is 29.6 Å². The molecule has 0 aliphatic carbocycles. The summed E-state index contributed by atoms with van der Waals surface area (Å²) in [4.78, 5) is 11.8. The normalized spacial score (nSPS) is 12.2. The summed E-state index contributed by atoms with van der Waals surface area (Å²) in [6, 6.07) is 2.85. The first-order valence-electron chi connectivity index (χ1n) is 6.75. The van der Waals surface area contributed by atoms with E-state index in [4.69, 9.17) is 10.7 Å². The van der Waals surface area contributed by atoms with Crippen LogP contribution in [0.25, 0.3) is 0 Å². The molecule has 0 aliphatic heterocycles. The molecular weight excluding hydrogens is 317 g/mol. The molecule has 0 fully saturated rings. The molecule has 118 valence electrons. The highest BCUT2D eigenvalue weighted by Crippen LogP contribution is 2.22. The van der Waals surface area contributed by atoms with Crippen molar-refractivity contribution in [2.75, 3.05) is 0 Å². The monoisotopic (exact) mass is 335 g/mol. The number of amides is 1. The Morgan fingerprint density at radius 1 is 1.19 bits per heavy atom. The quantitative estimate of drug-likeness (QED) is 0.810. The molecule has 0 atom stereocenters. The molecular formula is C14H19ClFNO3S. The van der Waals surface area contributed by atoms with Crippen LogP contribution < -0.4 is 5.32 Å². The van der Waals surface area contributed by atoms with Gasteiger partial charge >= 0.3 is 0 Å². The lowest BCUT2D eigenvalue weighted by Gasteiger charge is -2.31. The summed E-state index contributed by atoms with van der Waals surface area (Å²) in [6.45, 7) is 5.86. The van der Waals surface area contributed by atoms with Crippen LogP contribution in [0.4, 0.5) is 4.39 Å². The summed E-state index contributed by atoms with van der Waals surface area (Å²) in [5.74, 6) is -1.33. The molecule has 0 spiro atoms. The number of benzene rings is 1. The highest BCUT2D eigenvalue weighted by molar-refractivity contribution is 8.13. The van der Waals surface area contributed by atoms with E-state index in [1.54, 1.807) is 0 Å². The third-order valence-corrected chi connectivity index (χ3v) is 5.16. The largest absolute Gasteiger partial charge is 0.347 e. The molecule has 0 unspecified atom stereocenters. The summed E-state index contributed by atoms with van der Waals surface area (Å²) >= 11 is 0. The van der Waals surface area contributed by atoms with Crippen LogP contribution in [0.5, 0.6) is 0 Å². The summed E-state index contributed by atoms with van der Waals surface area (Å²) in [7, 11) is 1.11. The molecule has 0 aromatic heterocycles. The number of carbonyl (C=O) groups excluding carboxylic acids is 1. The van der Waals surface area contributed by atoms with Crippen molar-refractivity contribution in [1.82, 2.24) is 5.32 Å². The molecule has 1 aromatic rings. The zero-order chi connectivity index (χ0) is 16.3. The second-order valence-electron chi connectivity index (χ2n) is 4.91. The summed E-state index contributed by atoms with van der Waals surface area (Å²) < 4.78 is 36.1. The second kappa shape index (κ2) is 6.75. The van der Waals surface area contributed by atoms with E-state index in [1.807, 2.05) is 20.8 Å². The number of hydrogen-bond acceptors (Lipinski definition) is 3. The summed E-state index contributed by atoms with van der Waals surface area (Å²) in [5.41, 5.74) is -0.447. The third kappa shape index (κ3) is 4.41. The van der Waals surface area contributed by atoms with Gasteiger partial charge in [0.15, 0.2) is 0 Å². The molecule has 1 rings (SSSR count). The maximum absolute atomic E-state index is 13.5. The average Bonchev–Trinajstić information content (AvgIpc) is 2.43. The number of hydrogen-bond donors (Lipinski definition) is 1. The van der Waals surface area contributed by atoms with E-state index >= 15 is 0 Å². The van der Waals surface area contributed by atoms with Crippen LogP contribution in [-0.2, 0) is 9.05 Å². The van der Waals surface area contributed by atoms with E-state index in [1.165, 1.54) is 0 Å². The Morgan fingerprint density at radius 2 is 1.71 bits per heavy atom. The molecule has 0 saturated carbocycles. The maximum Gasteiger partial charge on any atom is 0.261 e. The Bertz CT molecular complexity index is 619. The van der Waals surface area contributed by atoms with Gasteiger partial charge < -0.3 is 5.32 Å². The molecule has 21 heavy (non-hydrogen) atoms. The van der Waals surface area contributed by atoms with Gasteiger partial charge in [0.05, 0.1) is 4.90 Å². The SMILES string of the molecule is CCC(CC)(CC)NC(=O)c1cc(F)cc(S(=O)(=O)Cl)c1. The Hall–Kier alpha value is -1.14. The van der Waals surface area contributed by atoms with E-state index in [9.17, 15) is 17.6 Å². The number of carbonyl (C=O) groups is 1. The first-order chi connectivity index (χ1) is 9.67. The van der Waals surface area contributed by atoms with E-state index in [0.29, 0.717) is 0 Å². The van der Waals surface area contributed by atoms with Crippen LogP contribution in [-0.4, -0.2) is 19.9 Å². The lowest BCUT2D eigenvalue weighted by molar-refractivity contribution is 0.0887. The number of halogens is 2. The van der Waals surface area contributed by atoms with Gasteiger partial charge in [-0.1, -0.05) is 20.8 Å². The van der Waals surface area contributed by atoms with E-state index in [0.717, 1.165) is 37.5 Å². The Kier molecular flexibility index (Phi) is 5.75. The fourth-order valence-corrected chi connectivity index (χ4v) is 2.95. The van der Waals surface area contributed by atoms with Crippen molar-refractivity contribution >= 4 is 25.6 Å². The van der Waals surface area contributed by atoms with Crippen LogP contribution in [0.15, 0.2) is 23.1 Å². The first-order valence-corrected chi connectivity index (χ1v) is 9.06. The van der Waals surface area contributed by atoms with Crippen LogP contribution in [0, 0.1) is 5.82 Å². The van der Waals surface area contributed by atoms with Gasteiger partial charge in [-0.05, 0) is 37.5 Å². The molecule has 0 bridgehead atoms. The van der Waals surface area contributed by atoms with Crippen molar-refractivity contribution in [2.24, 2.45) is 0 Å². The van der Waals surface area contributed by atoms with Gasteiger partial charge in [0, 0.05) is 21.8 Å². The molecule has 4 nitrogen and oxygen atoms in total. The minimum atomic E-state index is -4.09. The molecule has 0 aliphatic rings. The summed E-state index contributed by atoms with van der Waals surface area (Å²) in [6.07, 6.45) is 2.17. The van der Waals surface area contributed by atoms with Crippen molar-refractivity contribution in [3.8, 4) is 0 Å². The van der Waals surface area contributed by atoms with Crippen molar-refractivity contribution in [1.29, 1.82) is 0 Å². The van der Waals surface area contributed by atoms with E-state index in [-0.39, 0.29) is 11.1 Å². The van der Waals surface area contributed by atoms with Crippen LogP contribution >= 0.6 is 10.7 Å². The fourth-order valence-electron chi connectivity index (χ4n) is 2.16. The molecule has 7 heteroatoms. The minimum absolute atomic E-state index is 0.0612. The molecule has 0 radical (unpaired) electrons. The molecule has 0 saturated heterocycles. The van der Waals surface area contributed by atoms with E-state index in [2.05, 4.69) is 5.32 Å². The maximum atomic E-state index is 13.5. The van der Waals surface area contributed by atoms with Crippen molar-refractivity contribution in [2.45, 2.75) is 50.5 Å². The van der Waals surface area contributed by atoms with Gasteiger partial charge in [-0.3, -0.25) is 4.79 Å². The topological polar surface area (TPSA) is 63.2 Å². The minimum Gasteiger partial charge on any atom is -0.347 e. The van der Waals surface area contributed by atoms with E-state index < -0.39 is 25.7 Å². The highest BCUT2D eigenvalue weighted by Gasteiger charge is 2.27. The molecule has 1 N–H and O–H groups in total. The van der Waals surface area contributed by atoms with Crippen LogP contribution in [0.1, 0.15) is 50.4 Å². The predicted octanol–water partition coefficient (Wildman–Crippen LogP) is 3.45. The highest BCUT2D eigenvalue weighted by atomic mass is 35.7. The predicted molar refractivity (Wildman–Crippen MR) is 80.5 cm³/mol. The standard InChI is InChI=1S/C14H19ClFNO3S/c1-4-14(5-2,6-3)17-13(18)10-7-11(16)9-12(8-10)21(15,19)20/h7-9H,4-6H2,1-3H3,(H,17,18). The van der Waals surface area contributed by atoms with Gasteiger partial charge in [-0.15, -0.1) is 0 Å². The summed E-state index contributed by atoms with van der Waals surface area (Å²) in [5, 5.41) is 2.86. The number of rotatable bonds is 6. The first kappa shape index (κ1) is 17.9. The van der Waals surface area contributed by atoms with Gasteiger partial charge in [-0.25, -0.2) is 12.8 Å². The lowest BCUT2D eigenvalue weighted by Crippen LogP contribution is -2.47. The molecule has 0 heterocycles. The average molecular weight is 336 g/mol. The lowest BCUT2D eigenvalue weighted by atomic mass is 9.89. The van der Waals surface area contributed by atoms with Crippen LogP contribution in [0.3, 0.4) is 0 Å². The Morgan fingerprint density at radius 3 is 2.14 bits per heavy atom. The third-order valence-electron chi connectivity index (χ3n) is 3.82. The van der Waals surface area contributed by atoms with Gasteiger partial charge in [0.1, 0.15) is 5.82 Å². The molecule has 1 aromatic carbocycles. The van der Waals surface area contributed by atoms with Crippen molar-refractivity contribution in [3.63, 3.8) is 0 Å². The zero-order valence-electron chi connectivity index (χ0n) is 12.2. The zero-order valence-corrected chi connectivity index (χ0v) is 13.8. The Labute approximate surface area is 129 Å².